The average Bonchev–Trinajstić information content (AvgIpc) is 2.40. The normalized spacial score (nSPS) is 18.6. The molecule has 0 bridgehead atoms. The van der Waals surface area contributed by atoms with Crippen LogP contribution in [0.1, 0.15) is 10.4 Å². The van der Waals surface area contributed by atoms with E-state index in [0.29, 0.717) is 0 Å². The van der Waals surface area contributed by atoms with E-state index in [1.807, 2.05) is 0 Å². The highest BCUT2D eigenvalue weighted by Gasteiger charge is 2.36. The monoisotopic (exact) mass is 344 g/mol. The van der Waals surface area contributed by atoms with E-state index in [2.05, 4.69) is 21.2 Å². The van der Waals surface area contributed by atoms with Gasteiger partial charge in [0.1, 0.15) is 18.4 Å². The summed E-state index contributed by atoms with van der Waals surface area (Å²) in [6.07, 6.45) is 0. The van der Waals surface area contributed by atoms with Crippen LogP contribution in [0.25, 0.3) is 0 Å². The summed E-state index contributed by atoms with van der Waals surface area (Å²) in [5.74, 6) is -3.35. The van der Waals surface area contributed by atoms with Gasteiger partial charge in [-0.25, -0.2) is 9.18 Å². The second-order valence-electron chi connectivity index (χ2n) is 4.19. The number of rotatable bonds is 2. The van der Waals surface area contributed by atoms with Crippen molar-refractivity contribution in [1.82, 2.24) is 10.2 Å². The molecule has 20 heavy (non-hydrogen) atoms. The lowest BCUT2D eigenvalue weighted by atomic mass is 10.1. The Morgan fingerprint density at radius 3 is 2.80 bits per heavy atom. The Hall–Kier alpha value is -1.96. The second-order valence-corrected chi connectivity index (χ2v) is 5.05. The van der Waals surface area contributed by atoms with Gasteiger partial charge in [0.05, 0.1) is 10.0 Å². The molecule has 0 spiro atoms. The number of carboxylic acids is 1. The molecule has 2 amide bonds. The number of halogens is 2. The zero-order valence-corrected chi connectivity index (χ0v) is 11.7. The number of piperazine rings is 1. The molecule has 1 heterocycles. The van der Waals surface area contributed by atoms with Crippen LogP contribution in [0.2, 0.25) is 0 Å². The first-order valence-corrected chi connectivity index (χ1v) is 6.45. The van der Waals surface area contributed by atoms with Crippen molar-refractivity contribution in [2.24, 2.45) is 0 Å². The van der Waals surface area contributed by atoms with Crippen molar-refractivity contribution in [3.8, 4) is 0 Å². The number of hydrogen-bond acceptors (Lipinski definition) is 3. The van der Waals surface area contributed by atoms with Crippen molar-refractivity contribution < 1.29 is 23.9 Å². The van der Waals surface area contributed by atoms with Gasteiger partial charge in [-0.1, -0.05) is 6.07 Å². The largest absolute Gasteiger partial charge is 0.480 e. The van der Waals surface area contributed by atoms with Crippen LogP contribution in [0, 0.1) is 5.82 Å². The smallest absolute Gasteiger partial charge is 0.328 e. The van der Waals surface area contributed by atoms with Crippen LogP contribution in [0.3, 0.4) is 0 Å². The minimum atomic E-state index is -1.26. The van der Waals surface area contributed by atoms with Crippen molar-refractivity contribution in [3.63, 3.8) is 0 Å². The van der Waals surface area contributed by atoms with Crippen molar-refractivity contribution in [1.29, 1.82) is 0 Å². The standard InChI is InChI=1S/C12H10BrFN2O4/c13-7-3-1-2-6(10(7)14)11(18)16-5-9(17)15-4-8(16)12(19)20/h1-3,8H,4-5H2,(H,15,17)(H,19,20). The number of carbonyl (C=O) groups excluding carboxylic acids is 2. The van der Waals surface area contributed by atoms with Gasteiger partial charge in [0, 0.05) is 6.54 Å². The maximum Gasteiger partial charge on any atom is 0.328 e. The molecule has 2 N–H and O–H groups in total. The van der Waals surface area contributed by atoms with E-state index in [0.717, 1.165) is 4.90 Å². The maximum absolute atomic E-state index is 13.9. The molecule has 1 aliphatic heterocycles. The first kappa shape index (κ1) is 14.4. The average molecular weight is 345 g/mol. The van der Waals surface area contributed by atoms with Crippen LogP contribution in [-0.2, 0) is 9.59 Å². The van der Waals surface area contributed by atoms with Gasteiger partial charge in [-0.05, 0) is 28.1 Å². The topological polar surface area (TPSA) is 86.7 Å². The minimum Gasteiger partial charge on any atom is -0.480 e. The SMILES string of the molecule is O=C1CN(C(=O)c2cccc(Br)c2F)C(C(=O)O)CN1. The molecule has 1 aliphatic rings. The molecule has 0 saturated carbocycles. The summed E-state index contributed by atoms with van der Waals surface area (Å²) >= 11 is 2.95. The van der Waals surface area contributed by atoms with Gasteiger partial charge < -0.3 is 15.3 Å². The quantitative estimate of drug-likeness (QED) is 0.823. The van der Waals surface area contributed by atoms with Gasteiger partial charge in [0.2, 0.25) is 5.91 Å². The zero-order valence-electron chi connectivity index (χ0n) is 10.1. The van der Waals surface area contributed by atoms with Gasteiger partial charge in [-0.3, -0.25) is 9.59 Å². The molecule has 106 valence electrons. The molecule has 6 nitrogen and oxygen atoms in total. The zero-order chi connectivity index (χ0) is 14.9. The number of amides is 2. The molecular formula is C12H10BrFN2O4. The fourth-order valence-corrected chi connectivity index (χ4v) is 2.27. The Morgan fingerprint density at radius 1 is 1.45 bits per heavy atom. The molecule has 1 unspecified atom stereocenters. The number of aliphatic carboxylic acids is 1. The summed E-state index contributed by atoms with van der Waals surface area (Å²) < 4.78 is 14.0. The maximum atomic E-state index is 13.9. The highest BCUT2D eigenvalue weighted by atomic mass is 79.9. The van der Waals surface area contributed by atoms with E-state index in [1.54, 1.807) is 0 Å². The Morgan fingerprint density at radius 2 is 2.15 bits per heavy atom. The predicted molar refractivity (Wildman–Crippen MR) is 69.6 cm³/mol. The molecule has 1 atom stereocenters. The van der Waals surface area contributed by atoms with Crippen molar-refractivity contribution in [3.05, 3.63) is 34.1 Å². The van der Waals surface area contributed by atoms with Gasteiger partial charge >= 0.3 is 5.97 Å². The Labute approximate surface area is 121 Å². The summed E-state index contributed by atoms with van der Waals surface area (Å²) in [6.45, 7) is -0.614. The van der Waals surface area contributed by atoms with Crippen LogP contribution in [0.4, 0.5) is 4.39 Å². The molecule has 0 radical (unpaired) electrons. The third kappa shape index (κ3) is 2.64. The van der Waals surface area contributed by atoms with Crippen molar-refractivity contribution in [2.45, 2.75) is 6.04 Å². The highest BCUT2D eigenvalue weighted by molar-refractivity contribution is 9.10. The third-order valence-electron chi connectivity index (χ3n) is 2.91. The van der Waals surface area contributed by atoms with E-state index in [4.69, 9.17) is 5.11 Å². The fourth-order valence-electron chi connectivity index (χ4n) is 1.90. The van der Waals surface area contributed by atoms with E-state index < -0.39 is 36.2 Å². The Bertz CT molecular complexity index is 593. The molecule has 1 aromatic rings. The number of nitrogens with zero attached hydrogens (tertiary/aromatic N) is 1. The number of carbonyl (C=O) groups is 3. The summed E-state index contributed by atoms with van der Waals surface area (Å²) in [5.41, 5.74) is -0.277. The summed E-state index contributed by atoms with van der Waals surface area (Å²) in [6, 6.07) is 2.91. The number of carboxylic acid groups (broad SMARTS) is 1. The van der Waals surface area contributed by atoms with Crippen LogP contribution < -0.4 is 5.32 Å². The van der Waals surface area contributed by atoms with Crippen LogP contribution >= 0.6 is 15.9 Å². The lowest BCUT2D eigenvalue weighted by molar-refractivity contribution is -0.144. The first-order chi connectivity index (χ1) is 9.41. The van der Waals surface area contributed by atoms with E-state index in [9.17, 15) is 18.8 Å². The fraction of sp³-hybridized carbons (Fsp3) is 0.250. The Kier molecular flexibility index (Phi) is 4.03. The molecule has 1 aromatic carbocycles. The van der Waals surface area contributed by atoms with E-state index >= 15 is 0 Å². The number of benzene rings is 1. The van der Waals surface area contributed by atoms with Crippen LogP contribution in [-0.4, -0.2) is 46.9 Å². The van der Waals surface area contributed by atoms with Crippen molar-refractivity contribution >= 4 is 33.7 Å². The third-order valence-corrected chi connectivity index (χ3v) is 3.52. The number of hydrogen-bond donors (Lipinski definition) is 2. The van der Waals surface area contributed by atoms with Gasteiger partial charge in [-0.15, -0.1) is 0 Å². The van der Waals surface area contributed by atoms with Gasteiger partial charge in [-0.2, -0.15) is 0 Å². The van der Waals surface area contributed by atoms with E-state index in [-0.39, 0.29) is 16.6 Å². The second kappa shape index (κ2) is 5.58. The lowest BCUT2D eigenvalue weighted by Gasteiger charge is -2.32. The molecule has 0 aliphatic carbocycles. The Balaban J connectivity index is 2.36. The molecule has 0 aromatic heterocycles. The van der Waals surface area contributed by atoms with Gasteiger partial charge in [0.25, 0.3) is 5.91 Å². The summed E-state index contributed by atoms with van der Waals surface area (Å²) in [5, 5.41) is 11.4. The predicted octanol–water partition coefficient (Wildman–Crippen LogP) is 0.613. The van der Waals surface area contributed by atoms with Crippen LogP contribution in [0.5, 0.6) is 0 Å². The molecule has 8 heteroatoms. The first-order valence-electron chi connectivity index (χ1n) is 5.66. The highest BCUT2D eigenvalue weighted by Crippen LogP contribution is 2.21. The molecule has 1 fully saturated rings. The molecule has 2 rings (SSSR count). The van der Waals surface area contributed by atoms with Gasteiger partial charge in [0.15, 0.2) is 0 Å². The lowest BCUT2D eigenvalue weighted by Crippen LogP contribution is -2.59. The minimum absolute atomic E-state index is 0.0942. The number of nitrogens with one attached hydrogen (secondary N) is 1. The summed E-state index contributed by atoms with van der Waals surface area (Å²) in [4.78, 5) is 35.5. The van der Waals surface area contributed by atoms with E-state index in [1.165, 1.54) is 18.2 Å². The van der Waals surface area contributed by atoms with Crippen LogP contribution in [0.15, 0.2) is 22.7 Å². The summed E-state index contributed by atoms with van der Waals surface area (Å²) in [7, 11) is 0. The molecule has 1 saturated heterocycles. The molecular weight excluding hydrogens is 335 g/mol. The van der Waals surface area contributed by atoms with Crippen molar-refractivity contribution in [2.75, 3.05) is 13.1 Å².